The minimum atomic E-state index is -3.69. The summed E-state index contributed by atoms with van der Waals surface area (Å²) in [4.78, 5) is 12.9. The Balaban J connectivity index is 1.67. The first kappa shape index (κ1) is 21.8. The second-order valence-corrected chi connectivity index (χ2v) is 9.45. The highest BCUT2D eigenvalue weighted by atomic mass is 35.5. The van der Waals surface area contributed by atoms with Crippen molar-refractivity contribution in [1.82, 2.24) is 29.2 Å². The van der Waals surface area contributed by atoms with Gasteiger partial charge in [0.1, 0.15) is 10.6 Å². The summed E-state index contributed by atoms with van der Waals surface area (Å²) in [5, 5.41) is 11.9. The number of hydrogen-bond donors (Lipinski definition) is 1. The van der Waals surface area contributed by atoms with E-state index in [9.17, 15) is 13.2 Å². The van der Waals surface area contributed by atoms with E-state index in [-0.39, 0.29) is 23.9 Å². The van der Waals surface area contributed by atoms with Gasteiger partial charge in [-0.05, 0) is 33.6 Å². The van der Waals surface area contributed by atoms with Gasteiger partial charge in [0, 0.05) is 38.6 Å². The van der Waals surface area contributed by atoms with E-state index in [4.69, 9.17) is 11.6 Å². The summed E-state index contributed by atoms with van der Waals surface area (Å²) in [6.45, 7) is 7.60. The van der Waals surface area contributed by atoms with E-state index in [1.165, 1.54) is 4.31 Å². The Bertz CT molecular complexity index is 984. The molecule has 1 atom stereocenters. The van der Waals surface area contributed by atoms with Crippen LogP contribution in [0, 0.1) is 12.8 Å². The normalized spacial score (nSPS) is 18.1. The number of rotatable bonds is 7. The molecule has 1 amide bonds. The maximum atomic E-state index is 13.1. The molecule has 0 saturated carbocycles. The lowest BCUT2D eigenvalue weighted by Crippen LogP contribution is -2.45. The van der Waals surface area contributed by atoms with Crippen molar-refractivity contribution < 1.29 is 13.2 Å². The summed E-state index contributed by atoms with van der Waals surface area (Å²) in [6, 6.07) is 0. The van der Waals surface area contributed by atoms with Crippen LogP contribution in [0.3, 0.4) is 0 Å². The van der Waals surface area contributed by atoms with Crippen LogP contribution in [0.1, 0.15) is 38.1 Å². The molecule has 3 heterocycles. The second-order valence-electron chi connectivity index (χ2n) is 7.13. The number of carbonyl (C=O) groups is 1. The molecule has 3 rings (SSSR count). The van der Waals surface area contributed by atoms with Crippen molar-refractivity contribution in [1.29, 1.82) is 0 Å². The van der Waals surface area contributed by atoms with E-state index in [0.717, 1.165) is 0 Å². The lowest BCUT2D eigenvalue weighted by molar-refractivity contribution is -0.126. The zero-order valence-corrected chi connectivity index (χ0v) is 18.5. The highest BCUT2D eigenvalue weighted by Gasteiger charge is 2.35. The van der Waals surface area contributed by atoms with Crippen LogP contribution in [0.4, 0.5) is 0 Å². The Hall–Kier alpha value is -1.91. The first-order chi connectivity index (χ1) is 13.8. The van der Waals surface area contributed by atoms with Gasteiger partial charge in [0.25, 0.3) is 0 Å². The molecule has 0 unspecified atom stereocenters. The molecule has 9 nitrogen and oxygen atoms in total. The van der Waals surface area contributed by atoms with Crippen LogP contribution in [0.25, 0.3) is 0 Å². The Morgan fingerprint density at radius 3 is 2.55 bits per heavy atom. The number of aryl methyl sites for hydroxylation is 3. The first-order valence-corrected chi connectivity index (χ1v) is 11.6. The van der Waals surface area contributed by atoms with Gasteiger partial charge < -0.3 is 5.32 Å². The minimum absolute atomic E-state index is 0.155. The molecule has 0 radical (unpaired) electrons. The van der Waals surface area contributed by atoms with Crippen LogP contribution in [-0.4, -0.2) is 51.3 Å². The Kier molecular flexibility index (Phi) is 6.65. The number of nitrogens with one attached hydrogen (secondary N) is 1. The molecule has 2 aromatic rings. The third-order valence-electron chi connectivity index (χ3n) is 5.14. The summed E-state index contributed by atoms with van der Waals surface area (Å²) in [5.41, 5.74) is 1.07. The summed E-state index contributed by atoms with van der Waals surface area (Å²) < 4.78 is 30.9. The predicted molar refractivity (Wildman–Crippen MR) is 109 cm³/mol. The van der Waals surface area contributed by atoms with E-state index >= 15 is 0 Å². The number of halogens is 1. The standard InChI is InChI=1S/C18H27ClN6O3S/c1-4-23-11-15(19)16(22-23)9-20-18(26)14-7-6-8-25(10-14)29(27,28)17-12-24(5-2)21-13(17)3/h11-12,14H,4-10H2,1-3H3,(H,20,26)/t14-/m0/s1. The van der Waals surface area contributed by atoms with E-state index in [2.05, 4.69) is 15.5 Å². The smallest absolute Gasteiger partial charge is 0.246 e. The first-order valence-electron chi connectivity index (χ1n) is 9.80. The molecule has 0 aliphatic carbocycles. The number of carbonyl (C=O) groups excluding carboxylic acids is 1. The largest absolute Gasteiger partial charge is 0.350 e. The van der Waals surface area contributed by atoms with Crippen LogP contribution >= 0.6 is 11.6 Å². The molecular weight excluding hydrogens is 416 g/mol. The topological polar surface area (TPSA) is 102 Å². The third kappa shape index (κ3) is 4.65. The molecule has 11 heteroatoms. The average molecular weight is 443 g/mol. The molecule has 0 spiro atoms. The van der Waals surface area contributed by atoms with Gasteiger partial charge in [-0.15, -0.1) is 0 Å². The molecule has 2 aromatic heterocycles. The maximum Gasteiger partial charge on any atom is 0.246 e. The number of sulfonamides is 1. The highest BCUT2D eigenvalue weighted by Crippen LogP contribution is 2.25. The van der Waals surface area contributed by atoms with Gasteiger partial charge in [-0.3, -0.25) is 14.2 Å². The van der Waals surface area contributed by atoms with Crippen molar-refractivity contribution in [3.05, 3.63) is 28.8 Å². The predicted octanol–water partition coefficient (Wildman–Crippen LogP) is 1.80. The summed E-state index contributed by atoms with van der Waals surface area (Å²) >= 11 is 6.14. The fraction of sp³-hybridized carbons (Fsp3) is 0.611. The molecule has 1 aliphatic rings. The maximum absolute atomic E-state index is 13.1. The average Bonchev–Trinajstić information content (AvgIpc) is 3.28. The van der Waals surface area contributed by atoms with Gasteiger partial charge >= 0.3 is 0 Å². The van der Waals surface area contributed by atoms with Gasteiger partial charge in [-0.2, -0.15) is 14.5 Å². The molecule has 29 heavy (non-hydrogen) atoms. The van der Waals surface area contributed by atoms with Crippen molar-refractivity contribution in [3.8, 4) is 0 Å². The molecule has 1 saturated heterocycles. The van der Waals surface area contributed by atoms with E-state index < -0.39 is 15.9 Å². The van der Waals surface area contributed by atoms with Crippen LogP contribution in [-0.2, 0) is 34.5 Å². The number of nitrogens with zero attached hydrogens (tertiary/aromatic N) is 5. The van der Waals surface area contributed by atoms with Crippen molar-refractivity contribution >= 4 is 27.5 Å². The van der Waals surface area contributed by atoms with Crippen LogP contribution < -0.4 is 5.32 Å². The summed E-state index contributed by atoms with van der Waals surface area (Å²) in [5.74, 6) is -0.597. The molecule has 1 fully saturated rings. The lowest BCUT2D eigenvalue weighted by Gasteiger charge is -2.31. The zero-order chi connectivity index (χ0) is 21.2. The van der Waals surface area contributed by atoms with Crippen molar-refractivity contribution in [3.63, 3.8) is 0 Å². The van der Waals surface area contributed by atoms with Crippen LogP contribution in [0.5, 0.6) is 0 Å². The van der Waals surface area contributed by atoms with Gasteiger partial charge in [0.05, 0.1) is 23.2 Å². The van der Waals surface area contributed by atoms with Gasteiger partial charge in [-0.25, -0.2) is 8.42 Å². The zero-order valence-electron chi connectivity index (χ0n) is 16.9. The van der Waals surface area contributed by atoms with Crippen molar-refractivity contribution in [2.45, 2.75) is 58.1 Å². The van der Waals surface area contributed by atoms with Crippen molar-refractivity contribution in [2.75, 3.05) is 13.1 Å². The number of amides is 1. The van der Waals surface area contributed by atoms with Crippen LogP contribution in [0.2, 0.25) is 5.02 Å². The molecule has 160 valence electrons. The van der Waals surface area contributed by atoms with Crippen molar-refractivity contribution in [2.24, 2.45) is 5.92 Å². The number of piperidine rings is 1. The molecule has 0 aromatic carbocycles. The van der Waals surface area contributed by atoms with E-state index in [1.54, 1.807) is 28.7 Å². The Morgan fingerprint density at radius 2 is 1.93 bits per heavy atom. The Morgan fingerprint density at radius 1 is 1.24 bits per heavy atom. The monoisotopic (exact) mass is 442 g/mol. The quantitative estimate of drug-likeness (QED) is 0.704. The van der Waals surface area contributed by atoms with Gasteiger partial charge in [0.15, 0.2) is 0 Å². The van der Waals surface area contributed by atoms with Gasteiger partial charge in [0.2, 0.25) is 15.9 Å². The lowest BCUT2D eigenvalue weighted by atomic mass is 9.99. The fourth-order valence-corrected chi connectivity index (χ4v) is 5.37. The second kappa shape index (κ2) is 8.85. The minimum Gasteiger partial charge on any atom is -0.350 e. The fourth-order valence-electron chi connectivity index (χ4n) is 3.46. The van der Waals surface area contributed by atoms with Gasteiger partial charge in [-0.1, -0.05) is 11.6 Å². The Labute approximate surface area is 176 Å². The number of hydrogen-bond acceptors (Lipinski definition) is 5. The summed E-state index contributed by atoms with van der Waals surface area (Å²) in [6.07, 6.45) is 4.54. The number of aromatic nitrogens is 4. The van der Waals surface area contributed by atoms with Crippen LogP contribution in [0.15, 0.2) is 17.3 Å². The molecule has 1 aliphatic heterocycles. The summed E-state index contributed by atoms with van der Waals surface area (Å²) in [7, 11) is -3.69. The van der Waals surface area contributed by atoms with E-state index in [0.29, 0.717) is 48.9 Å². The van der Waals surface area contributed by atoms with E-state index in [1.807, 2.05) is 13.8 Å². The highest BCUT2D eigenvalue weighted by molar-refractivity contribution is 7.89. The molecule has 0 bridgehead atoms. The third-order valence-corrected chi connectivity index (χ3v) is 7.42. The molecule has 1 N–H and O–H groups in total. The molecular formula is C18H27ClN6O3S. The SMILES string of the molecule is CCn1cc(S(=O)(=O)N2CCC[C@H](C(=O)NCc3nn(CC)cc3Cl)C2)c(C)n1.